The second-order valence-electron chi connectivity index (χ2n) is 12.0. The molecule has 3 aromatic carbocycles. The van der Waals surface area contributed by atoms with Gasteiger partial charge in [0.1, 0.15) is 23.2 Å². The fraction of sp³-hybridized carbons (Fsp3) is 0.457. The van der Waals surface area contributed by atoms with E-state index in [2.05, 4.69) is 12.1 Å². The van der Waals surface area contributed by atoms with Crippen LogP contribution in [0.1, 0.15) is 79.7 Å². The van der Waals surface area contributed by atoms with E-state index in [4.69, 9.17) is 27.9 Å². The average molecular weight is 595 g/mol. The van der Waals surface area contributed by atoms with Crippen molar-refractivity contribution in [3.8, 4) is 11.8 Å². The first kappa shape index (κ1) is 29.9. The van der Waals surface area contributed by atoms with Crippen molar-refractivity contribution in [1.29, 1.82) is 5.26 Å². The molecule has 0 spiro atoms. The first-order valence-corrected chi connectivity index (χ1v) is 15.7. The van der Waals surface area contributed by atoms with E-state index < -0.39 is 11.9 Å². The first-order valence-electron chi connectivity index (χ1n) is 14.9. The van der Waals surface area contributed by atoms with E-state index in [1.165, 1.54) is 17.2 Å². The second-order valence-corrected chi connectivity index (χ2v) is 12.9. The second kappa shape index (κ2) is 14.1. The molecule has 2 fully saturated rings. The van der Waals surface area contributed by atoms with Gasteiger partial charge in [0.2, 0.25) is 0 Å². The minimum absolute atomic E-state index is 0.0481. The van der Waals surface area contributed by atoms with E-state index >= 15 is 0 Å². The molecule has 2 aliphatic rings. The smallest absolute Gasteiger partial charge is 0.145 e. The molecule has 2 aliphatic carbocycles. The van der Waals surface area contributed by atoms with Gasteiger partial charge in [-0.2, -0.15) is 5.26 Å². The molecule has 216 valence electrons. The molecule has 1 N–H and O–H groups in total. The van der Waals surface area contributed by atoms with Crippen molar-refractivity contribution < 1.29 is 14.2 Å². The van der Waals surface area contributed by atoms with E-state index in [1.54, 1.807) is 6.07 Å². The Morgan fingerprint density at radius 1 is 0.805 bits per heavy atom. The molecule has 3 nitrogen and oxygen atoms in total. The lowest BCUT2D eigenvalue weighted by Crippen LogP contribution is -2.24. The van der Waals surface area contributed by atoms with Gasteiger partial charge in [-0.15, -0.1) is 0 Å². The molecule has 1 unspecified atom stereocenters. The van der Waals surface area contributed by atoms with Crippen LogP contribution in [-0.2, 0) is 12.8 Å². The highest BCUT2D eigenvalue weighted by Gasteiger charge is 2.31. The number of nitriles is 1. The highest BCUT2D eigenvalue weighted by Crippen LogP contribution is 2.42. The number of rotatable bonds is 9. The number of aliphatic hydroxyl groups excluding tert-OH is 1. The molecule has 0 amide bonds. The minimum atomic E-state index is -0.793. The molecule has 5 rings (SSSR count). The monoisotopic (exact) mass is 593 g/mol. The lowest BCUT2D eigenvalue weighted by Gasteiger charge is -2.33. The van der Waals surface area contributed by atoms with Crippen LogP contribution in [0, 0.1) is 40.8 Å². The van der Waals surface area contributed by atoms with Gasteiger partial charge in [0, 0.05) is 15.6 Å². The van der Waals surface area contributed by atoms with Crippen LogP contribution >= 0.6 is 23.2 Å². The largest absolute Gasteiger partial charge is 0.491 e. The zero-order valence-electron chi connectivity index (χ0n) is 23.4. The standard InChI is InChI=1S/C35H38Cl2FNO2/c36-29-5-1-3-26(19-29)17-23-7-9-25(10-8-23)22-41-35-31(15-16-33(38)32(35)21-39)34(40)28-13-11-24(12-14-28)18-27-4-2-6-30(37)20-27/h1-6,15-16,19-20,23-25,28,34,40H,7-14,17-18,22H2. The molecule has 0 bridgehead atoms. The maximum atomic E-state index is 14.7. The quantitative estimate of drug-likeness (QED) is 0.269. The summed E-state index contributed by atoms with van der Waals surface area (Å²) in [4.78, 5) is 0. The van der Waals surface area contributed by atoms with Gasteiger partial charge in [0.15, 0.2) is 0 Å². The summed E-state index contributed by atoms with van der Waals surface area (Å²) >= 11 is 12.3. The van der Waals surface area contributed by atoms with Crippen LogP contribution in [0.5, 0.6) is 5.75 Å². The summed E-state index contributed by atoms with van der Waals surface area (Å²) in [7, 11) is 0. The van der Waals surface area contributed by atoms with Gasteiger partial charge in [0.05, 0.1) is 12.7 Å². The van der Waals surface area contributed by atoms with Crippen LogP contribution in [0.15, 0.2) is 60.7 Å². The Labute approximate surface area is 253 Å². The van der Waals surface area contributed by atoms with E-state index in [1.807, 2.05) is 42.5 Å². The summed E-state index contributed by atoms with van der Waals surface area (Å²) < 4.78 is 20.9. The van der Waals surface area contributed by atoms with Crippen molar-refractivity contribution in [2.75, 3.05) is 6.61 Å². The van der Waals surface area contributed by atoms with Crippen LogP contribution in [0.3, 0.4) is 0 Å². The predicted octanol–water partition coefficient (Wildman–Crippen LogP) is 9.51. The van der Waals surface area contributed by atoms with Crippen molar-refractivity contribution in [3.63, 3.8) is 0 Å². The van der Waals surface area contributed by atoms with Gasteiger partial charge in [-0.25, -0.2) is 4.39 Å². The maximum absolute atomic E-state index is 14.7. The van der Waals surface area contributed by atoms with E-state index in [0.29, 0.717) is 29.9 Å². The van der Waals surface area contributed by atoms with E-state index in [-0.39, 0.29) is 17.2 Å². The number of aliphatic hydroxyl groups is 1. The third-order valence-electron chi connectivity index (χ3n) is 9.16. The van der Waals surface area contributed by atoms with Crippen LogP contribution in [0.25, 0.3) is 0 Å². The molecular weight excluding hydrogens is 556 g/mol. The number of halogens is 3. The zero-order chi connectivity index (χ0) is 28.8. The van der Waals surface area contributed by atoms with Crippen LogP contribution in [0.4, 0.5) is 4.39 Å². The fourth-order valence-electron chi connectivity index (χ4n) is 6.83. The van der Waals surface area contributed by atoms with Gasteiger partial charge in [-0.1, -0.05) is 47.5 Å². The molecule has 3 aromatic rings. The Kier molecular flexibility index (Phi) is 10.3. The zero-order valence-corrected chi connectivity index (χ0v) is 24.9. The summed E-state index contributed by atoms with van der Waals surface area (Å²) in [6, 6.07) is 21.0. The summed E-state index contributed by atoms with van der Waals surface area (Å²) in [6.45, 7) is 0.425. The Balaban J connectivity index is 1.18. The Bertz CT molecular complexity index is 1360. The molecule has 0 aromatic heterocycles. The Morgan fingerprint density at radius 3 is 1.88 bits per heavy atom. The first-order chi connectivity index (χ1) is 19.9. The Hall–Kier alpha value is -2.58. The fourth-order valence-corrected chi connectivity index (χ4v) is 7.25. The van der Waals surface area contributed by atoms with Gasteiger partial charge < -0.3 is 9.84 Å². The lowest BCUT2D eigenvalue weighted by atomic mass is 9.75. The summed E-state index contributed by atoms with van der Waals surface area (Å²) in [5.41, 5.74) is 2.95. The number of benzene rings is 3. The van der Waals surface area contributed by atoms with E-state index in [0.717, 1.165) is 74.3 Å². The molecule has 0 heterocycles. The molecule has 6 heteroatoms. The molecule has 41 heavy (non-hydrogen) atoms. The number of hydrogen-bond acceptors (Lipinski definition) is 3. The van der Waals surface area contributed by atoms with Crippen LogP contribution in [-0.4, -0.2) is 11.7 Å². The highest BCUT2D eigenvalue weighted by atomic mass is 35.5. The summed E-state index contributed by atoms with van der Waals surface area (Å²) in [5.74, 6) is 1.17. The van der Waals surface area contributed by atoms with Crippen molar-refractivity contribution in [1.82, 2.24) is 0 Å². The molecular formula is C35H38Cl2FNO2. The van der Waals surface area contributed by atoms with Crippen molar-refractivity contribution in [2.24, 2.45) is 23.7 Å². The molecule has 0 saturated heterocycles. The molecule has 0 radical (unpaired) electrons. The van der Waals surface area contributed by atoms with Crippen molar-refractivity contribution in [3.05, 3.63) is 98.8 Å². The van der Waals surface area contributed by atoms with Gasteiger partial charge in [-0.05, 0) is 135 Å². The maximum Gasteiger partial charge on any atom is 0.145 e. The van der Waals surface area contributed by atoms with Crippen LogP contribution in [0.2, 0.25) is 10.0 Å². The number of ether oxygens (including phenoxy) is 1. The molecule has 1 atom stereocenters. The number of nitrogens with zero attached hydrogens (tertiary/aromatic N) is 1. The minimum Gasteiger partial charge on any atom is -0.491 e. The van der Waals surface area contributed by atoms with Crippen LogP contribution < -0.4 is 4.74 Å². The van der Waals surface area contributed by atoms with Gasteiger partial charge >= 0.3 is 0 Å². The lowest BCUT2D eigenvalue weighted by molar-refractivity contribution is 0.0695. The average Bonchev–Trinajstić information content (AvgIpc) is 2.97. The van der Waals surface area contributed by atoms with Crippen molar-refractivity contribution in [2.45, 2.75) is 70.3 Å². The highest BCUT2D eigenvalue weighted by molar-refractivity contribution is 6.30. The third kappa shape index (κ3) is 7.83. The number of hydrogen-bond donors (Lipinski definition) is 1. The topological polar surface area (TPSA) is 53.2 Å². The normalized spacial score (nSPS) is 23.5. The predicted molar refractivity (Wildman–Crippen MR) is 163 cm³/mol. The van der Waals surface area contributed by atoms with Crippen molar-refractivity contribution >= 4 is 23.2 Å². The summed E-state index contributed by atoms with van der Waals surface area (Å²) in [6.07, 6.45) is 9.23. The third-order valence-corrected chi connectivity index (χ3v) is 9.63. The molecule has 0 aliphatic heterocycles. The van der Waals surface area contributed by atoms with Gasteiger partial charge in [0.25, 0.3) is 0 Å². The Morgan fingerprint density at radius 2 is 1.34 bits per heavy atom. The SMILES string of the molecule is N#Cc1c(F)ccc(C(O)C2CCC(Cc3cccc(Cl)c3)CC2)c1OCC1CCC(Cc2cccc(Cl)c2)CC1. The molecule has 2 saturated carbocycles. The summed E-state index contributed by atoms with van der Waals surface area (Å²) in [5, 5.41) is 22.7. The van der Waals surface area contributed by atoms with Gasteiger partial charge in [-0.3, -0.25) is 0 Å². The van der Waals surface area contributed by atoms with E-state index in [9.17, 15) is 14.8 Å².